The van der Waals surface area contributed by atoms with Gasteiger partial charge in [-0.25, -0.2) is 4.68 Å². The maximum atomic E-state index is 12.7. The van der Waals surface area contributed by atoms with Crippen molar-refractivity contribution in [1.82, 2.24) is 35.4 Å². The summed E-state index contributed by atoms with van der Waals surface area (Å²) in [5.74, 6) is 0.798. The van der Waals surface area contributed by atoms with Gasteiger partial charge in [-0.3, -0.25) is 9.48 Å². The van der Waals surface area contributed by atoms with Crippen LogP contribution in [0.4, 0.5) is 0 Å². The minimum atomic E-state index is -0.124. The molecule has 2 N–H and O–H groups in total. The van der Waals surface area contributed by atoms with Crippen LogP contribution in [0.3, 0.4) is 0 Å². The second-order valence-corrected chi connectivity index (χ2v) is 6.89. The fourth-order valence-corrected chi connectivity index (χ4v) is 3.49. The molecule has 1 fully saturated rings. The average Bonchev–Trinajstić information content (AvgIpc) is 3.46. The lowest BCUT2D eigenvalue weighted by Gasteiger charge is -2.16. The van der Waals surface area contributed by atoms with Crippen molar-refractivity contribution in [3.05, 3.63) is 54.1 Å². The minimum absolute atomic E-state index is 0.0119. The Balaban J connectivity index is 1.37. The van der Waals surface area contributed by atoms with Gasteiger partial charge in [-0.1, -0.05) is 5.21 Å². The summed E-state index contributed by atoms with van der Waals surface area (Å²) in [4.78, 5) is 12.7. The molecule has 1 aliphatic rings. The molecule has 3 heterocycles. The third kappa shape index (κ3) is 3.74. The number of benzene rings is 1. The Morgan fingerprint density at radius 3 is 2.82 bits per heavy atom. The highest BCUT2D eigenvalue weighted by Gasteiger charge is 2.34. The van der Waals surface area contributed by atoms with Crippen LogP contribution in [0.15, 0.2) is 42.9 Å². The van der Waals surface area contributed by atoms with Crippen LogP contribution in [0.5, 0.6) is 5.75 Å². The molecule has 2 atom stereocenters. The smallest absolute Gasteiger partial charge is 0.225 e. The molecule has 9 heteroatoms. The molecule has 0 unspecified atom stereocenters. The summed E-state index contributed by atoms with van der Waals surface area (Å²) in [6.07, 6.45) is 5.62. The molecular weight excluding hydrogens is 358 g/mol. The van der Waals surface area contributed by atoms with Gasteiger partial charge >= 0.3 is 0 Å². The number of aromatic nitrogens is 5. The molecule has 0 bridgehead atoms. The van der Waals surface area contributed by atoms with E-state index in [4.69, 9.17) is 4.74 Å². The molecule has 0 radical (unpaired) electrons. The topological polar surface area (TPSA) is 98.9 Å². The van der Waals surface area contributed by atoms with E-state index in [-0.39, 0.29) is 17.7 Å². The Bertz CT molecular complexity index is 947. The Labute approximate surface area is 162 Å². The number of hydrogen-bond acceptors (Lipinski definition) is 6. The molecule has 1 amide bonds. The van der Waals surface area contributed by atoms with Crippen LogP contribution in [-0.4, -0.2) is 50.9 Å². The van der Waals surface area contributed by atoms with E-state index in [1.54, 1.807) is 16.5 Å². The second-order valence-electron chi connectivity index (χ2n) is 6.89. The average molecular weight is 381 g/mol. The molecule has 1 saturated heterocycles. The Morgan fingerprint density at radius 1 is 1.29 bits per heavy atom. The van der Waals surface area contributed by atoms with Crippen LogP contribution in [0.2, 0.25) is 0 Å². The first-order valence-corrected chi connectivity index (χ1v) is 9.16. The number of nitrogens with one attached hydrogen (secondary N) is 2. The lowest BCUT2D eigenvalue weighted by Crippen LogP contribution is -2.34. The zero-order chi connectivity index (χ0) is 19.5. The summed E-state index contributed by atoms with van der Waals surface area (Å²) in [7, 11) is 3.51. The SMILES string of the molecule is COc1ccc(-n2cc(CNC(=O)[C@H]3CNC[C@@H]3c3cnn(C)c3)nn2)cc1. The Morgan fingerprint density at radius 2 is 2.11 bits per heavy atom. The predicted molar refractivity (Wildman–Crippen MR) is 102 cm³/mol. The first-order chi connectivity index (χ1) is 13.6. The fourth-order valence-electron chi connectivity index (χ4n) is 3.49. The van der Waals surface area contributed by atoms with E-state index in [0.29, 0.717) is 18.8 Å². The van der Waals surface area contributed by atoms with Crippen molar-refractivity contribution in [3.8, 4) is 11.4 Å². The predicted octanol–water partition coefficient (Wildman–Crippen LogP) is 0.629. The summed E-state index contributed by atoms with van der Waals surface area (Å²) in [5.41, 5.74) is 2.66. The van der Waals surface area contributed by atoms with Crippen LogP contribution < -0.4 is 15.4 Å². The Hall–Kier alpha value is -3.20. The molecule has 3 aromatic rings. The number of rotatable bonds is 6. The second kappa shape index (κ2) is 7.81. The van der Waals surface area contributed by atoms with Crippen LogP contribution in [0, 0.1) is 5.92 Å². The molecule has 146 valence electrons. The monoisotopic (exact) mass is 381 g/mol. The van der Waals surface area contributed by atoms with Crippen molar-refractivity contribution in [2.45, 2.75) is 12.5 Å². The molecule has 0 aliphatic carbocycles. The van der Waals surface area contributed by atoms with Crippen LogP contribution in [0.1, 0.15) is 17.2 Å². The van der Waals surface area contributed by atoms with E-state index in [0.717, 1.165) is 23.5 Å². The van der Waals surface area contributed by atoms with Gasteiger partial charge in [0.1, 0.15) is 11.4 Å². The third-order valence-electron chi connectivity index (χ3n) is 5.03. The van der Waals surface area contributed by atoms with Gasteiger partial charge in [-0.2, -0.15) is 5.10 Å². The van der Waals surface area contributed by atoms with Crippen LogP contribution in [0.25, 0.3) is 5.69 Å². The summed E-state index contributed by atoms with van der Waals surface area (Å²) >= 11 is 0. The first kappa shape index (κ1) is 18.2. The molecular formula is C19H23N7O2. The standard InChI is InChI=1S/C19H23N7O2/c1-25-11-13(7-22-25)17-9-20-10-18(17)19(27)21-8-14-12-26(24-23-14)15-3-5-16(28-2)6-4-15/h3-7,11-12,17-18,20H,8-10H2,1-2H3,(H,21,27)/t17-,18+/m1/s1. The van der Waals surface area contributed by atoms with E-state index in [9.17, 15) is 4.79 Å². The van der Waals surface area contributed by atoms with Gasteiger partial charge in [-0.05, 0) is 29.8 Å². The number of hydrogen-bond donors (Lipinski definition) is 2. The normalized spacial score (nSPS) is 18.9. The number of amides is 1. The van der Waals surface area contributed by atoms with Crippen molar-refractivity contribution >= 4 is 5.91 Å². The lowest BCUT2D eigenvalue weighted by molar-refractivity contribution is -0.125. The first-order valence-electron chi connectivity index (χ1n) is 9.16. The van der Waals surface area contributed by atoms with Crippen molar-refractivity contribution in [1.29, 1.82) is 0 Å². The van der Waals surface area contributed by atoms with E-state index >= 15 is 0 Å². The minimum Gasteiger partial charge on any atom is -0.497 e. The molecule has 1 aliphatic heterocycles. The number of ether oxygens (including phenoxy) is 1. The highest BCUT2D eigenvalue weighted by molar-refractivity contribution is 5.80. The van der Waals surface area contributed by atoms with Crippen LogP contribution >= 0.6 is 0 Å². The number of aryl methyl sites for hydroxylation is 1. The van der Waals surface area contributed by atoms with Gasteiger partial charge in [0, 0.05) is 32.3 Å². The highest BCUT2D eigenvalue weighted by atomic mass is 16.5. The maximum Gasteiger partial charge on any atom is 0.225 e. The molecule has 2 aromatic heterocycles. The third-order valence-corrected chi connectivity index (χ3v) is 5.03. The molecule has 4 rings (SSSR count). The van der Waals surface area contributed by atoms with Gasteiger partial charge in [0.2, 0.25) is 5.91 Å². The number of methoxy groups -OCH3 is 1. The van der Waals surface area contributed by atoms with E-state index in [1.807, 2.05) is 49.9 Å². The summed E-state index contributed by atoms with van der Waals surface area (Å²) in [6, 6.07) is 7.53. The van der Waals surface area contributed by atoms with Crippen molar-refractivity contribution in [2.24, 2.45) is 13.0 Å². The van der Waals surface area contributed by atoms with Gasteiger partial charge in [0.05, 0.1) is 37.7 Å². The van der Waals surface area contributed by atoms with Crippen LogP contribution in [-0.2, 0) is 18.4 Å². The van der Waals surface area contributed by atoms with E-state index in [1.165, 1.54) is 0 Å². The zero-order valence-electron chi connectivity index (χ0n) is 15.9. The molecule has 28 heavy (non-hydrogen) atoms. The molecule has 9 nitrogen and oxygen atoms in total. The maximum absolute atomic E-state index is 12.7. The van der Waals surface area contributed by atoms with Gasteiger partial charge in [0.15, 0.2) is 0 Å². The van der Waals surface area contributed by atoms with Crippen molar-refractivity contribution < 1.29 is 9.53 Å². The van der Waals surface area contributed by atoms with Gasteiger partial charge in [-0.15, -0.1) is 5.10 Å². The molecule has 0 saturated carbocycles. The van der Waals surface area contributed by atoms with Gasteiger partial charge in [0.25, 0.3) is 0 Å². The van der Waals surface area contributed by atoms with Crippen molar-refractivity contribution in [2.75, 3.05) is 20.2 Å². The number of carbonyl (C=O) groups is 1. The quantitative estimate of drug-likeness (QED) is 0.650. The van der Waals surface area contributed by atoms with E-state index < -0.39 is 0 Å². The zero-order valence-corrected chi connectivity index (χ0v) is 15.9. The van der Waals surface area contributed by atoms with E-state index in [2.05, 4.69) is 26.0 Å². The molecule has 1 aromatic carbocycles. The Kier molecular flexibility index (Phi) is 5.07. The van der Waals surface area contributed by atoms with Crippen molar-refractivity contribution in [3.63, 3.8) is 0 Å². The largest absolute Gasteiger partial charge is 0.497 e. The summed E-state index contributed by atoms with van der Waals surface area (Å²) in [6.45, 7) is 1.77. The summed E-state index contributed by atoms with van der Waals surface area (Å²) in [5, 5.41) is 18.8. The molecule has 0 spiro atoms. The highest BCUT2D eigenvalue weighted by Crippen LogP contribution is 2.27. The lowest BCUT2D eigenvalue weighted by atomic mass is 9.90. The number of nitrogens with zero attached hydrogens (tertiary/aromatic N) is 5. The number of carbonyl (C=O) groups excluding carboxylic acids is 1. The fraction of sp³-hybridized carbons (Fsp3) is 0.368. The summed E-state index contributed by atoms with van der Waals surface area (Å²) < 4.78 is 8.60. The van der Waals surface area contributed by atoms with Gasteiger partial charge < -0.3 is 15.4 Å².